The Balaban J connectivity index is 1.98. The van der Waals surface area contributed by atoms with Crippen LogP contribution in [0.1, 0.15) is 58.2 Å². The smallest absolute Gasteiger partial charge is 0.0628 e. The van der Waals surface area contributed by atoms with E-state index in [1.165, 1.54) is 25.0 Å². The third kappa shape index (κ3) is 3.14. The highest BCUT2D eigenvalue weighted by Crippen LogP contribution is 2.30. The van der Waals surface area contributed by atoms with E-state index in [4.69, 9.17) is 10.8 Å². The molecular formula is C15H27N3. The molecule has 1 aliphatic rings. The van der Waals surface area contributed by atoms with Gasteiger partial charge in [0.1, 0.15) is 0 Å². The van der Waals surface area contributed by atoms with Crippen molar-refractivity contribution in [2.45, 2.75) is 65.0 Å². The van der Waals surface area contributed by atoms with E-state index in [0.717, 1.165) is 18.8 Å². The van der Waals surface area contributed by atoms with Crippen LogP contribution >= 0.6 is 0 Å². The molecule has 0 bridgehead atoms. The molecule has 1 saturated carbocycles. The molecule has 2 rings (SSSR count). The van der Waals surface area contributed by atoms with Gasteiger partial charge in [-0.25, -0.2) is 0 Å². The van der Waals surface area contributed by atoms with Crippen LogP contribution in [0.4, 0.5) is 0 Å². The van der Waals surface area contributed by atoms with Crippen molar-refractivity contribution in [3.05, 3.63) is 18.0 Å². The second kappa shape index (κ2) is 5.87. The molecule has 18 heavy (non-hydrogen) atoms. The maximum absolute atomic E-state index is 6.25. The van der Waals surface area contributed by atoms with Gasteiger partial charge in [-0.1, -0.05) is 13.8 Å². The monoisotopic (exact) mass is 249 g/mol. The number of hydrogen-bond acceptors (Lipinski definition) is 2. The Hall–Kier alpha value is -0.830. The van der Waals surface area contributed by atoms with Gasteiger partial charge in [0.25, 0.3) is 0 Å². The van der Waals surface area contributed by atoms with Gasteiger partial charge in [-0.05, 0) is 56.9 Å². The summed E-state index contributed by atoms with van der Waals surface area (Å²) in [5.74, 6) is 1.44. The molecule has 1 aromatic heterocycles. The lowest BCUT2D eigenvalue weighted by molar-refractivity contribution is 0.243. The van der Waals surface area contributed by atoms with Crippen molar-refractivity contribution in [2.24, 2.45) is 17.6 Å². The molecule has 1 heterocycles. The highest BCUT2D eigenvalue weighted by molar-refractivity contribution is 5.03. The van der Waals surface area contributed by atoms with Crippen molar-refractivity contribution in [1.82, 2.24) is 9.78 Å². The Labute approximate surface area is 111 Å². The molecule has 0 aliphatic heterocycles. The van der Waals surface area contributed by atoms with Crippen LogP contribution in [0, 0.1) is 11.8 Å². The number of nitrogens with zero attached hydrogens (tertiary/aromatic N) is 2. The summed E-state index contributed by atoms with van der Waals surface area (Å²) < 4.78 is 2.09. The zero-order chi connectivity index (χ0) is 13.1. The van der Waals surface area contributed by atoms with E-state index in [-0.39, 0.29) is 0 Å². The fourth-order valence-electron chi connectivity index (χ4n) is 2.94. The lowest BCUT2D eigenvalue weighted by atomic mass is 9.77. The summed E-state index contributed by atoms with van der Waals surface area (Å²) in [5.41, 5.74) is 7.46. The molecule has 3 nitrogen and oxygen atoms in total. The van der Waals surface area contributed by atoms with E-state index in [1.54, 1.807) is 0 Å². The highest BCUT2D eigenvalue weighted by atomic mass is 15.3. The highest BCUT2D eigenvalue weighted by Gasteiger charge is 2.26. The largest absolute Gasteiger partial charge is 0.327 e. The fourth-order valence-corrected chi connectivity index (χ4v) is 2.94. The summed E-state index contributed by atoms with van der Waals surface area (Å²) in [7, 11) is 0. The molecule has 1 fully saturated rings. The van der Waals surface area contributed by atoms with Crippen molar-refractivity contribution in [3.63, 3.8) is 0 Å². The maximum Gasteiger partial charge on any atom is 0.0628 e. The number of rotatable bonds is 4. The van der Waals surface area contributed by atoms with Gasteiger partial charge >= 0.3 is 0 Å². The third-order valence-electron chi connectivity index (χ3n) is 4.48. The van der Waals surface area contributed by atoms with Gasteiger partial charge in [0, 0.05) is 18.3 Å². The summed E-state index contributed by atoms with van der Waals surface area (Å²) in [5, 5.41) is 4.70. The minimum absolute atomic E-state index is 0.370. The first-order valence-electron chi connectivity index (χ1n) is 7.39. The van der Waals surface area contributed by atoms with Crippen molar-refractivity contribution in [1.29, 1.82) is 0 Å². The predicted octanol–water partition coefficient (Wildman–Crippen LogP) is 3.16. The van der Waals surface area contributed by atoms with Gasteiger partial charge in [0.05, 0.1) is 5.69 Å². The average Bonchev–Trinajstić information content (AvgIpc) is 2.81. The van der Waals surface area contributed by atoms with Crippen LogP contribution in [0.2, 0.25) is 0 Å². The van der Waals surface area contributed by atoms with Gasteiger partial charge in [-0.3, -0.25) is 4.68 Å². The zero-order valence-corrected chi connectivity index (χ0v) is 12.0. The topological polar surface area (TPSA) is 43.8 Å². The maximum atomic E-state index is 6.25. The second-order valence-corrected chi connectivity index (χ2v) is 6.09. The quantitative estimate of drug-likeness (QED) is 0.890. The van der Waals surface area contributed by atoms with E-state index in [2.05, 4.69) is 37.7 Å². The minimum atomic E-state index is 0.370. The number of aromatic nitrogens is 2. The first kappa shape index (κ1) is 13.6. The third-order valence-corrected chi connectivity index (χ3v) is 4.48. The van der Waals surface area contributed by atoms with Crippen LogP contribution in [0.25, 0.3) is 0 Å². The molecule has 1 aromatic rings. The Morgan fingerprint density at radius 1 is 1.50 bits per heavy atom. The van der Waals surface area contributed by atoms with Gasteiger partial charge in [0.2, 0.25) is 0 Å². The standard InChI is InChI=1S/C15H27N3/c1-4-12(3)18-8-7-14(17-18)10-13-9-11(2)5-6-15(13)16/h7-8,11-13,15H,4-6,9-10,16H2,1-3H3. The van der Waals surface area contributed by atoms with E-state index in [0.29, 0.717) is 18.0 Å². The van der Waals surface area contributed by atoms with E-state index in [9.17, 15) is 0 Å². The molecule has 4 unspecified atom stereocenters. The van der Waals surface area contributed by atoms with Crippen molar-refractivity contribution in [2.75, 3.05) is 0 Å². The number of hydrogen-bond donors (Lipinski definition) is 1. The van der Waals surface area contributed by atoms with Crippen LogP contribution in [0.15, 0.2) is 12.3 Å². The fraction of sp³-hybridized carbons (Fsp3) is 0.800. The first-order valence-corrected chi connectivity index (χ1v) is 7.39. The van der Waals surface area contributed by atoms with Crippen LogP contribution < -0.4 is 5.73 Å². The summed E-state index contributed by atoms with van der Waals surface area (Å²) in [6, 6.07) is 3.03. The van der Waals surface area contributed by atoms with Crippen LogP contribution in [-0.2, 0) is 6.42 Å². The Morgan fingerprint density at radius 2 is 2.28 bits per heavy atom. The van der Waals surface area contributed by atoms with Crippen LogP contribution in [-0.4, -0.2) is 15.8 Å². The molecule has 0 spiro atoms. The predicted molar refractivity (Wildman–Crippen MR) is 75.4 cm³/mol. The molecule has 0 amide bonds. The summed E-state index contributed by atoms with van der Waals surface area (Å²) in [6.45, 7) is 6.76. The second-order valence-electron chi connectivity index (χ2n) is 6.09. The zero-order valence-electron chi connectivity index (χ0n) is 12.0. The summed E-state index contributed by atoms with van der Waals surface area (Å²) in [4.78, 5) is 0. The van der Waals surface area contributed by atoms with Crippen molar-refractivity contribution >= 4 is 0 Å². The Bertz CT molecular complexity index is 372. The molecule has 102 valence electrons. The Morgan fingerprint density at radius 3 is 3.00 bits per heavy atom. The van der Waals surface area contributed by atoms with Gasteiger partial charge in [0.15, 0.2) is 0 Å². The summed E-state index contributed by atoms with van der Waals surface area (Å²) >= 11 is 0. The van der Waals surface area contributed by atoms with Crippen molar-refractivity contribution < 1.29 is 0 Å². The lowest BCUT2D eigenvalue weighted by Gasteiger charge is -2.32. The molecule has 4 atom stereocenters. The summed E-state index contributed by atoms with van der Waals surface area (Å²) in [6.07, 6.45) is 8.02. The van der Waals surface area contributed by atoms with E-state index in [1.807, 2.05) is 0 Å². The SMILES string of the molecule is CCC(C)n1ccc(CC2CC(C)CCC2N)n1. The normalized spacial score (nSPS) is 30.3. The molecule has 0 saturated heterocycles. The van der Waals surface area contributed by atoms with E-state index < -0.39 is 0 Å². The molecule has 3 heteroatoms. The van der Waals surface area contributed by atoms with Gasteiger partial charge < -0.3 is 5.73 Å². The van der Waals surface area contributed by atoms with Crippen molar-refractivity contribution in [3.8, 4) is 0 Å². The minimum Gasteiger partial charge on any atom is -0.327 e. The molecule has 2 N–H and O–H groups in total. The number of nitrogens with two attached hydrogens (primary N) is 1. The Kier molecular flexibility index (Phi) is 4.44. The molecule has 1 aliphatic carbocycles. The first-order chi connectivity index (χ1) is 8.60. The van der Waals surface area contributed by atoms with E-state index >= 15 is 0 Å². The molecule has 0 aromatic carbocycles. The molecular weight excluding hydrogens is 222 g/mol. The lowest BCUT2D eigenvalue weighted by Crippen LogP contribution is -2.36. The van der Waals surface area contributed by atoms with Crippen LogP contribution in [0.5, 0.6) is 0 Å². The van der Waals surface area contributed by atoms with Gasteiger partial charge in [-0.15, -0.1) is 0 Å². The molecule has 0 radical (unpaired) electrons. The van der Waals surface area contributed by atoms with Gasteiger partial charge in [-0.2, -0.15) is 5.10 Å². The average molecular weight is 249 g/mol. The van der Waals surface area contributed by atoms with Crippen LogP contribution in [0.3, 0.4) is 0 Å².